The number of hydrogen-bond acceptors (Lipinski definition) is 4. The van der Waals surface area contributed by atoms with Gasteiger partial charge in [0.25, 0.3) is 0 Å². The van der Waals surface area contributed by atoms with E-state index >= 15 is 0 Å². The monoisotopic (exact) mass is 266 g/mol. The van der Waals surface area contributed by atoms with E-state index in [1.807, 2.05) is 13.0 Å². The maximum atomic E-state index is 11.3. The van der Waals surface area contributed by atoms with Gasteiger partial charge in [-0.15, -0.1) is 11.8 Å². The van der Waals surface area contributed by atoms with Crippen LogP contribution < -0.4 is 10.6 Å². The number of rotatable bonds is 5. The number of benzene rings is 1. The van der Waals surface area contributed by atoms with Gasteiger partial charge < -0.3 is 15.7 Å². The molecule has 0 bridgehead atoms. The fourth-order valence-corrected chi connectivity index (χ4v) is 2.60. The molecule has 1 aliphatic rings. The molecule has 5 heteroatoms. The van der Waals surface area contributed by atoms with Crippen LogP contribution in [0.15, 0.2) is 23.1 Å². The van der Waals surface area contributed by atoms with Gasteiger partial charge in [-0.05, 0) is 37.6 Å². The summed E-state index contributed by atoms with van der Waals surface area (Å²) in [7, 11) is 0. The summed E-state index contributed by atoms with van der Waals surface area (Å²) in [4.78, 5) is 12.4. The summed E-state index contributed by atoms with van der Waals surface area (Å²) in [5.41, 5.74) is 2.11. The molecule has 0 aromatic heterocycles. The second-order valence-corrected chi connectivity index (χ2v) is 5.47. The molecule has 1 unspecified atom stereocenters. The van der Waals surface area contributed by atoms with Crippen molar-refractivity contribution in [1.82, 2.24) is 5.32 Å². The molecule has 0 fully saturated rings. The van der Waals surface area contributed by atoms with Crippen LogP contribution in [0.4, 0.5) is 5.69 Å². The van der Waals surface area contributed by atoms with Gasteiger partial charge in [-0.2, -0.15) is 0 Å². The van der Waals surface area contributed by atoms with Crippen molar-refractivity contribution in [3.8, 4) is 0 Å². The zero-order valence-corrected chi connectivity index (χ0v) is 11.2. The second-order valence-electron chi connectivity index (χ2n) is 4.46. The number of nitrogens with one attached hydrogen (secondary N) is 2. The first-order chi connectivity index (χ1) is 8.69. The molecule has 2 rings (SSSR count). The van der Waals surface area contributed by atoms with E-state index < -0.39 is 0 Å². The average molecular weight is 266 g/mol. The Balaban J connectivity index is 1.94. The highest BCUT2D eigenvalue weighted by Crippen LogP contribution is 2.31. The first kappa shape index (κ1) is 13.4. The largest absolute Gasteiger partial charge is 0.395 e. The molecule has 3 N–H and O–H groups in total. The van der Waals surface area contributed by atoms with Crippen LogP contribution in [0.2, 0.25) is 0 Å². The summed E-state index contributed by atoms with van der Waals surface area (Å²) in [6.07, 6.45) is 0.887. The van der Waals surface area contributed by atoms with E-state index in [0.717, 1.165) is 23.5 Å². The number of anilines is 1. The van der Waals surface area contributed by atoms with Crippen LogP contribution in [0, 0.1) is 0 Å². The van der Waals surface area contributed by atoms with Gasteiger partial charge in [-0.25, -0.2) is 0 Å². The van der Waals surface area contributed by atoms with E-state index in [-0.39, 0.29) is 18.6 Å². The van der Waals surface area contributed by atoms with E-state index in [0.29, 0.717) is 5.75 Å². The highest BCUT2D eigenvalue weighted by atomic mass is 32.2. The smallest absolute Gasteiger partial charge is 0.234 e. The molecule has 18 heavy (non-hydrogen) atoms. The Kier molecular flexibility index (Phi) is 4.63. The molecule has 0 saturated carbocycles. The summed E-state index contributed by atoms with van der Waals surface area (Å²) in [6.45, 7) is 2.92. The van der Waals surface area contributed by atoms with Crippen LogP contribution in [-0.4, -0.2) is 36.0 Å². The van der Waals surface area contributed by atoms with Gasteiger partial charge >= 0.3 is 0 Å². The lowest BCUT2D eigenvalue weighted by Gasteiger charge is -2.17. The van der Waals surface area contributed by atoms with E-state index in [4.69, 9.17) is 5.11 Å². The predicted molar refractivity (Wildman–Crippen MR) is 74.1 cm³/mol. The number of carbonyl (C=O) groups is 1. The first-order valence-electron chi connectivity index (χ1n) is 6.09. The molecule has 0 saturated heterocycles. The Morgan fingerprint density at radius 2 is 2.39 bits per heavy atom. The van der Waals surface area contributed by atoms with E-state index in [2.05, 4.69) is 22.8 Å². The number of aliphatic hydroxyl groups is 1. The van der Waals surface area contributed by atoms with Crippen LogP contribution in [0.5, 0.6) is 0 Å². The Bertz CT molecular complexity index is 437. The molecule has 0 radical (unpaired) electrons. The van der Waals surface area contributed by atoms with Crippen molar-refractivity contribution >= 4 is 23.4 Å². The molecule has 1 amide bonds. The van der Waals surface area contributed by atoms with Crippen molar-refractivity contribution in [2.75, 3.05) is 24.2 Å². The fraction of sp³-hybridized carbons (Fsp3) is 0.462. The van der Waals surface area contributed by atoms with Crippen molar-refractivity contribution in [3.63, 3.8) is 0 Å². The highest BCUT2D eigenvalue weighted by Gasteiger charge is 2.15. The van der Waals surface area contributed by atoms with E-state index in [1.54, 1.807) is 11.8 Å². The first-order valence-corrected chi connectivity index (χ1v) is 7.07. The molecule has 1 aromatic rings. The number of carbonyl (C=O) groups excluding carboxylic acids is 1. The van der Waals surface area contributed by atoms with Crippen LogP contribution >= 0.6 is 11.8 Å². The number of fused-ring (bicyclic) bond motifs is 1. The topological polar surface area (TPSA) is 61.4 Å². The van der Waals surface area contributed by atoms with Crippen LogP contribution in [0.25, 0.3) is 0 Å². The average Bonchev–Trinajstić information content (AvgIpc) is 2.38. The van der Waals surface area contributed by atoms with Crippen molar-refractivity contribution in [2.45, 2.75) is 24.3 Å². The molecule has 1 aliphatic heterocycles. The summed E-state index contributed by atoms with van der Waals surface area (Å²) in [6, 6.07) is 6.31. The Morgan fingerprint density at radius 1 is 1.56 bits per heavy atom. The molecule has 98 valence electrons. The van der Waals surface area contributed by atoms with Crippen molar-refractivity contribution in [1.29, 1.82) is 0 Å². The van der Waals surface area contributed by atoms with Gasteiger partial charge in [0.15, 0.2) is 0 Å². The van der Waals surface area contributed by atoms with Crippen molar-refractivity contribution < 1.29 is 9.90 Å². The minimum Gasteiger partial charge on any atom is -0.395 e. The Morgan fingerprint density at radius 3 is 3.17 bits per heavy atom. The molecular weight excluding hydrogens is 248 g/mol. The predicted octanol–water partition coefficient (Wildman–Crippen LogP) is 1.24. The maximum Gasteiger partial charge on any atom is 0.234 e. The van der Waals surface area contributed by atoms with Crippen molar-refractivity contribution in [3.05, 3.63) is 23.8 Å². The summed E-state index contributed by atoms with van der Waals surface area (Å²) >= 11 is 1.58. The lowest BCUT2D eigenvalue weighted by atomic mass is 10.1. The summed E-state index contributed by atoms with van der Waals surface area (Å²) in [5, 5.41) is 15.0. The zero-order valence-electron chi connectivity index (χ0n) is 10.4. The highest BCUT2D eigenvalue weighted by molar-refractivity contribution is 8.00. The molecular formula is C13H18N2O2S. The third-order valence-corrected chi connectivity index (χ3v) is 3.93. The van der Waals surface area contributed by atoms with E-state index in [9.17, 15) is 4.79 Å². The quantitative estimate of drug-likeness (QED) is 0.750. The lowest BCUT2D eigenvalue weighted by molar-refractivity contribution is -0.113. The van der Waals surface area contributed by atoms with Gasteiger partial charge in [-0.3, -0.25) is 4.79 Å². The minimum atomic E-state index is 0.0664. The van der Waals surface area contributed by atoms with Crippen LogP contribution in [-0.2, 0) is 11.2 Å². The number of aliphatic hydroxyl groups excluding tert-OH is 1. The maximum absolute atomic E-state index is 11.3. The molecule has 1 heterocycles. The van der Waals surface area contributed by atoms with Crippen LogP contribution in [0.3, 0.4) is 0 Å². The van der Waals surface area contributed by atoms with Gasteiger partial charge in [0, 0.05) is 10.9 Å². The molecule has 4 nitrogen and oxygen atoms in total. The van der Waals surface area contributed by atoms with Gasteiger partial charge in [0.05, 0.1) is 18.0 Å². The molecule has 1 atom stereocenters. The molecule has 0 spiro atoms. The normalized spacial score (nSPS) is 16.0. The number of thioether (sulfide) groups is 1. The number of hydrogen-bond donors (Lipinski definition) is 3. The number of amides is 1. The van der Waals surface area contributed by atoms with Gasteiger partial charge in [0.2, 0.25) is 5.91 Å². The lowest BCUT2D eigenvalue weighted by Crippen LogP contribution is -2.31. The van der Waals surface area contributed by atoms with Crippen molar-refractivity contribution in [2.24, 2.45) is 0 Å². The Labute approximate surface area is 111 Å². The Hall–Kier alpha value is -1.04. The SMILES string of the molecule is CC(CO)NCCc1ccc2c(c1)NC(=O)CS2. The minimum absolute atomic E-state index is 0.0664. The fourth-order valence-electron chi connectivity index (χ4n) is 1.81. The summed E-state index contributed by atoms with van der Waals surface area (Å²) < 4.78 is 0. The third kappa shape index (κ3) is 3.48. The second kappa shape index (κ2) is 6.22. The zero-order chi connectivity index (χ0) is 13.0. The van der Waals surface area contributed by atoms with E-state index in [1.165, 1.54) is 5.56 Å². The molecule has 0 aliphatic carbocycles. The van der Waals surface area contributed by atoms with Crippen LogP contribution in [0.1, 0.15) is 12.5 Å². The molecule has 1 aromatic carbocycles. The van der Waals surface area contributed by atoms with Gasteiger partial charge in [0.1, 0.15) is 0 Å². The third-order valence-electron chi connectivity index (χ3n) is 2.86. The summed E-state index contributed by atoms with van der Waals surface area (Å²) in [5.74, 6) is 0.568. The van der Waals surface area contributed by atoms with Gasteiger partial charge in [-0.1, -0.05) is 6.07 Å². The standard InChI is InChI=1S/C13H18N2O2S/c1-9(7-16)14-5-4-10-2-3-12-11(6-10)15-13(17)8-18-12/h2-3,6,9,14,16H,4-5,7-8H2,1H3,(H,15,17).